The van der Waals surface area contributed by atoms with Gasteiger partial charge in [0, 0.05) is 40.0 Å². The molecule has 0 aromatic carbocycles. The molecule has 0 aliphatic heterocycles. The quantitative estimate of drug-likeness (QED) is 0.746. The summed E-state index contributed by atoms with van der Waals surface area (Å²) >= 11 is 0. The van der Waals surface area contributed by atoms with E-state index in [1.54, 1.807) is 12.4 Å². The maximum Gasteiger partial charge on any atom is 0.151 e. The molecule has 2 heterocycles. The second-order valence-electron chi connectivity index (χ2n) is 9.29. The van der Waals surface area contributed by atoms with E-state index in [1.807, 2.05) is 12.1 Å². The third kappa shape index (κ3) is 4.97. The standard InChI is InChI=1S/C22H31N3/c1-20(2,3)17-14-16(15-18(25-17)21(4,5)6)22(7,8)11-10-19-23-12-9-13-24-19/h9-15H,1-8H3. The molecule has 0 bridgehead atoms. The van der Waals surface area contributed by atoms with Gasteiger partial charge in [0.25, 0.3) is 0 Å². The van der Waals surface area contributed by atoms with E-state index >= 15 is 0 Å². The van der Waals surface area contributed by atoms with Crippen LogP contribution in [0.2, 0.25) is 0 Å². The van der Waals surface area contributed by atoms with Crippen molar-refractivity contribution in [3.8, 4) is 0 Å². The topological polar surface area (TPSA) is 38.7 Å². The van der Waals surface area contributed by atoms with Crippen molar-refractivity contribution < 1.29 is 0 Å². The molecule has 0 saturated heterocycles. The summed E-state index contributed by atoms with van der Waals surface area (Å²) in [6.07, 6.45) is 7.70. The van der Waals surface area contributed by atoms with Gasteiger partial charge in [0.1, 0.15) is 0 Å². The van der Waals surface area contributed by atoms with Gasteiger partial charge in [-0.3, -0.25) is 4.98 Å². The number of pyridine rings is 1. The molecule has 0 aliphatic rings. The van der Waals surface area contributed by atoms with Crippen LogP contribution in [-0.4, -0.2) is 15.0 Å². The van der Waals surface area contributed by atoms with Crippen molar-refractivity contribution in [2.24, 2.45) is 0 Å². The Morgan fingerprint density at radius 2 is 1.24 bits per heavy atom. The van der Waals surface area contributed by atoms with Crippen molar-refractivity contribution >= 4 is 6.08 Å². The smallest absolute Gasteiger partial charge is 0.151 e. The summed E-state index contributed by atoms with van der Waals surface area (Å²) in [6, 6.07) is 6.31. The van der Waals surface area contributed by atoms with Crippen molar-refractivity contribution in [1.29, 1.82) is 0 Å². The summed E-state index contributed by atoms with van der Waals surface area (Å²) in [7, 11) is 0. The number of hydrogen-bond donors (Lipinski definition) is 0. The molecular formula is C22H31N3. The second kappa shape index (κ2) is 6.70. The Hall–Kier alpha value is -2.03. The van der Waals surface area contributed by atoms with Crippen LogP contribution in [0, 0.1) is 0 Å². The van der Waals surface area contributed by atoms with Gasteiger partial charge < -0.3 is 0 Å². The van der Waals surface area contributed by atoms with Crippen molar-refractivity contribution in [2.75, 3.05) is 0 Å². The zero-order chi connectivity index (χ0) is 18.9. The van der Waals surface area contributed by atoms with Gasteiger partial charge in [0.05, 0.1) is 0 Å². The van der Waals surface area contributed by atoms with E-state index in [2.05, 4.69) is 83.6 Å². The molecule has 2 rings (SSSR count). The second-order valence-corrected chi connectivity index (χ2v) is 9.29. The molecule has 0 fully saturated rings. The van der Waals surface area contributed by atoms with Crippen LogP contribution in [0.4, 0.5) is 0 Å². The lowest BCUT2D eigenvalue weighted by molar-refractivity contribution is 0.524. The van der Waals surface area contributed by atoms with Crippen LogP contribution in [0.3, 0.4) is 0 Å². The van der Waals surface area contributed by atoms with Crippen LogP contribution >= 0.6 is 0 Å². The van der Waals surface area contributed by atoms with Gasteiger partial charge in [-0.1, -0.05) is 61.5 Å². The first-order chi connectivity index (χ1) is 11.4. The lowest BCUT2D eigenvalue weighted by Crippen LogP contribution is -2.23. The monoisotopic (exact) mass is 337 g/mol. The predicted molar refractivity (Wildman–Crippen MR) is 106 cm³/mol. The van der Waals surface area contributed by atoms with Gasteiger partial charge in [-0.25, -0.2) is 9.97 Å². The van der Waals surface area contributed by atoms with Crippen molar-refractivity contribution in [3.63, 3.8) is 0 Å². The van der Waals surface area contributed by atoms with Gasteiger partial charge >= 0.3 is 0 Å². The number of allylic oxidation sites excluding steroid dienone is 1. The summed E-state index contributed by atoms with van der Waals surface area (Å²) in [4.78, 5) is 13.5. The zero-order valence-corrected chi connectivity index (χ0v) is 16.9. The summed E-state index contributed by atoms with van der Waals surface area (Å²) < 4.78 is 0. The van der Waals surface area contributed by atoms with Crippen molar-refractivity contribution in [2.45, 2.75) is 71.6 Å². The molecule has 25 heavy (non-hydrogen) atoms. The Balaban J connectivity index is 2.50. The molecule has 2 aromatic rings. The van der Waals surface area contributed by atoms with E-state index in [0.29, 0.717) is 0 Å². The fourth-order valence-corrected chi connectivity index (χ4v) is 2.45. The SMILES string of the molecule is CC(C)(C)c1cc(C(C)(C)C=Cc2ncccn2)cc(C(C)(C)C)n1. The number of hydrogen-bond acceptors (Lipinski definition) is 3. The molecule has 3 heteroatoms. The highest BCUT2D eigenvalue weighted by Crippen LogP contribution is 2.33. The third-order valence-corrected chi connectivity index (χ3v) is 4.34. The number of aromatic nitrogens is 3. The first-order valence-electron chi connectivity index (χ1n) is 8.89. The summed E-state index contributed by atoms with van der Waals surface area (Å²) in [5, 5.41) is 0. The Morgan fingerprint density at radius 1 is 0.760 bits per heavy atom. The minimum Gasteiger partial charge on any atom is -0.257 e. The molecule has 134 valence electrons. The van der Waals surface area contributed by atoms with E-state index in [9.17, 15) is 0 Å². The first kappa shape index (κ1) is 19.3. The largest absolute Gasteiger partial charge is 0.257 e. The van der Waals surface area contributed by atoms with Crippen LogP contribution in [0.25, 0.3) is 6.08 Å². The van der Waals surface area contributed by atoms with Gasteiger partial charge in [0.2, 0.25) is 0 Å². The molecule has 0 amide bonds. The number of rotatable bonds is 3. The van der Waals surface area contributed by atoms with Crippen LogP contribution in [0.1, 0.15) is 78.2 Å². The van der Waals surface area contributed by atoms with Gasteiger partial charge in [-0.05, 0) is 29.8 Å². The summed E-state index contributed by atoms with van der Waals surface area (Å²) in [5.74, 6) is 0.733. The molecule has 0 aliphatic carbocycles. The average Bonchev–Trinajstić information content (AvgIpc) is 2.52. The predicted octanol–water partition coefficient (Wildman–Crippen LogP) is 5.46. The zero-order valence-electron chi connectivity index (χ0n) is 16.9. The lowest BCUT2D eigenvalue weighted by Gasteiger charge is -2.29. The minimum atomic E-state index is -0.137. The highest BCUT2D eigenvalue weighted by molar-refractivity contribution is 5.46. The molecule has 0 N–H and O–H groups in total. The van der Waals surface area contributed by atoms with E-state index in [0.717, 1.165) is 17.2 Å². The maximum absolute atomic E-state index is 4.96. The Morgan fingerprint density at radius 3 is 1.68 bits per heavy atom. The molecule has 2 aromatic heterocycles. The van der Waals surface area contributed by atoms with Gasteiger partial charge in [-0.15, -0.1) is 0 Å². The Labute approximate surface area is 152 Å². The Kier molecular flexibility index (Phi) is 5.17. The molecule has 0 atom stereocenters. The molecule has 0 radical (unpaired) electrons. The van der Waals surface area contributed by atoms with Gasteiger partial charge in [0.15, 0.2) is 5.82 Å². The summed E-state index contributed by atoms with van der Waals surface area (Å²) in [6.45, 7) is 17.7. The van der Waals surface area contributed by atoms with E-state index in [-0.39, 0.29) is 16.2 Å². The lowest BCUT2D eigenvalue weighted by atomic mass is 9.79. The highest BCUT2D eigenvalue weighted by Gasteiger charge is 2.26. The van der Waals surface area contributed by atoms with E-state index < -0.39 is 0 Å². The van der Waals surface area contributed by atoms with Crippen molar-refractivity contribution in [3.05, 3.63) is 59.4 Å². The average molecular weight is 338 g/mol. The van der Waals surface area contributed by atoms with Crippen LogP contribution < -0.4 is 0 Å². The van der Waals surface area contributed by atoms with E-state index in [1.165, 1.54) is 5.56 Å². The summed E-state index contributed by atoms with van der Waals surface area (Å²) in [5.41, 5.74) is 3.42. The van der Waals surface area contributed by atoms with Crippen LogP contribution in [-0.2, 0) is 16.2 Å². The Bertz CT molecular complexity index is 713. The van der Waals surface area contributed by atoms with Crippen molar-refractivity contribution in [1.82, 2.24) is 15.0 Å². The third-order valence-electron chi connectivity index (χ3n) is 4.34. The minimum absolute atomic E-state index is 0.0122. The molecule has 0 spiro atoms. The maximum atomic E-state index is 4.96. The normalized spacial score (nSPS) is 13.4. The molecule has 3 nitrogen and oxygen atoms in total. The fraction of sp³-hybridized carbons (Fsp3) is 0.500. The fourth-order valence-electron chi connectivity index (χ4n) is 2.45. The molecular weight excluding hydrogens is 306 g/mol. The van der Waals surface area contributed by atoms with Crippen LogP contribution in [0.15, 0.2) is 36.7 Å². The van der Waals surface area contributed by atoms with Crippen LogP contribution in [0.5, 0.6) is 0 Å². The first-order valence-corrected chi connectivity index (χ1v) is 8.89. The molecule has 0 saturated carbocycles. The highest BCUT2D eigenvalue weighted by atomic mass is 14.8. The molecule has 0 unspecified atom stereocenters. The number of nitrogens with zero attached hydrogens (tertiary/aromatic N) is 3. The van der Waals surface area contributed by atoms with Gasteiger partial charge in [-0.2, -0.15) is 0 Å². The van der Waals surface area contributed by atoms with E-state index in [4.69, 9.17) is 4.98 Å².